The molecule has 0 aliphatic rings. The number of carbonyl (C=O) groups excluding carboxylic acids is 1. The quantitative estimate of drug-likeness (QED) is 0.485. The Morgan fingerprint density at radius 2 is 1.93 bits per heavy atom. The topological polar surface area (TPSA) is 122 Å². The van der Waals surface area contributed by atoms with E-state index in [4.69, 9.17) is 10.5 Å². The molecular formula is C19H22N2O5S. The summed E-state index contributed by atoms with van der Waals surface area (Å²) in [6, 6.07) is 10.1. The van der Waals surface area contributed by atoms with E-state index >= 15 is 0 Å². The molecule has 0 spiro atoms. The lowest BCUT2D eigenvalue weighted by Crippen LogP contribution is -2.41. The van der Waals surface area contributed by atoms with Crippen molar-refractivity contribution < 1.29 is 24.5 Å². The number of carboxylic acid groups (broad SMARTS) is 1. The highest BCUT2D eigenvalue weighted by molar-refractivity contribution is 7.98. The van der Waals surface area contributed by atoms with Crippen LogP contribution in [0.5, 0.6) is 11.5 Å². The van der Waals surface area contributed by atoms with Crippen LogP contribution in [0, 0.1) is 0 Å². The number of nitrogens with one attached hydrogen (secondary N) is 1. The number of carbonyl (C=O) groups is 2. The first kappa shape index (κ1) is 20.4. The fraction of sp³-hybridized carbons (Fsp3) is 0.263. The van der Waals surface area contributed by atoms with Crippen molar-refractivity contribution in [2.45, 2.75) is 19.1 Å². The number of aliphatic carboxylic acids is 1. The van der Waals surface area contributed by atoms with Gasteiger partial charge in [0.2, 0.25) is 0 Å². The lowest BCUT2D eigenvalue weighted by Gasteiger charge is -2.15. The molecule has 27 heavy (non-hydrogen) atoms. The number of thioether (sulfide) groups is 1. The summed E-state index contributed by atoms with van der Waals surface area (Å²) in [5, 5.41) is 21.1. The predicted molar refractivity (Wildman–Crippen MR) is 105 cm³/mol. The van der Waals surface area contributed by atoms with Gasteiger partial charge < -0.3 is 26.0 Å². The van der Waals surface area contributed by atoms with Crippen molar-refractivity contribution in [2.24, 2.45) is 0 Å². The average molecular weight is 390 g/mol. The summed E-state index contributed by atoms with van der Waals surface area (Å²) in [5.41, 5.74) is 7.35. The van der Waals surface area contributed by atoms with Crippen LogP contribution in [0.1, 0.15) is 22.3 Å². The number of phenols is 1. The maximum atomic E-state index is 12.4. The van der Waals surface area contributed by atoms with Crippen molar-refractivity contribution >= 4 is 29.3 Å². The number of ether oxygens (including phenoxy) is 1. The van der Waals surface area contributed by atoms with Crippen LogP contribution in [0.4, 0.5) is 5.69 Å². The van der Waals surface area contributed by atoms with Crippen molar-refractivity contribution in [3.05, 3.63) is 53.6 Å². The standard InChI is InChI=1S/C19H22N2O5S/c1-27-9-8-16(19(24)25)21-18(23)13-4-7-15(20)17(10-13)26-11-12-2-5-14(22)6-3-12/h2-7,10,16,22H,8-9,11,20H2,1H3,(H,21,23)(H,24,25)/t16-/m0/s1. The molecule has 5 N–H and O–H groups in total. The first-order valence-corrected chi connectivity index (χ1v) is 9.63. The molecule has 0 heterocycles. The minimum absolute atomic E-state index is 0.159. The number of hydrogen-bond donors (Lipinski definition) is 4. The number of benzene rings is 2. The van der Waals surface area contributed by atoms with Gasteiger partial charge in [0.25, 0.3) is 5.91 Å². The van der Waals surface area contributed by atoms with Crippen LogP contribution in [0.3, 0.4) is 0 Å². The second-order valence-corrected chi connectivity index (χ2v) is 6.84. The number of nitrogens with two attached hydrogens (primary N) is 1. The molecule has 2 aromatic rings. The average Bonchev–Trinajstić information content (AvgIpc) is 2.65. The minimum atomic E-state index is -1.07. The van der Waals surface area contributed by atoms with Gasteiger partial charge in [-0.2, -0.15) is 11.8 Å². The third-order valence-electron chi connectivity index (χ3n) is 3.82. The molecule has 144 valence electrons. The number of amides is 1. The van der Waals surface area contributed by atoms with Gasteiger partial charge in [-0.3, -0.25) is 4.79 Å². The molecule has 0 unspecified atom stereocenters. The van der Waals surface area contributed by atoms with Crippen LogP contribution in [-0.2, 0) is 11.4 Å². The Morgan fingerprint density at radius 1 is 1.22 bits per heavy atom. The summed E-state index contributed by atoms with van der Waals surface area (Å²) < 4.78 is 5.66. The fourth-order valence-electron chi connectivity index (χ4n) is 2.29. The smallest absolute Gasteiger partial charge is 0.326 e. The van der Waals surface area contributed by atoms with Gasteiger partial charge in [0.05, 0.1) is 5.69 Å². The van der Waals surface area contributed by atoms with Gasteiger partial charge in [-0.05, 0) is 54.3 Å². The molecule has 1 amide bonds. The summed E-state index contributed by atoms with van der Waals surface area (Å²) in [5.74, 6) is -0.465. The Balaban J connectivity index is 2.07. The molecule has 8 heteroatoms. The summed E-state index contributed by atoms with van der Waals surface area (Å²) in [6.07, 6.45) is 2.21. The van der Waals surface area contributed by atoms with E-state index in [1.165, 1.54) is 23.9 Å². The van der Waals surface area contributed by atoms with Crippen LogP contribution in [0.2, 0.25) is 0 Å². The number of phenolic OH excluding ortho intramolecular Hbond substituents is 1. The first-order valence-electron chi connectivity index (χ1n) is 8.23. The highest BCUT2D eigenvalue weighted by atomic mass is 32.2. The summed E-state index contributed by atoms with van der Waals surface area (Å²) in [6.45, 7) is 0.209. The molecule has 2 rings (SSSR count). The van der Waals surface area contributed by atoms with E-state index in [2.05, 4.69) is 5.32 Å². The van der Waals surface area contributed by atoms with Crippen LogP contribution < -0.4 is 15.8 Å². The molecule has 2 aromatic carbocycles. The Kier molecular flexibility index (Phi) is 7.36. The normalized spacial score (nSPS) is 11.6. The second kappa shape index (κ2) is 9.72. The lowest BCUT2D eigenvalue weighted by atomic mass is 10.1. The molecule has 0 aliphatic carbocycles. The minimum Gasteiger partial charge on any atom is -0.508 e. The molecule has 0 radical (unpaired) electrons. The Morgan fingerprint density at radius 3 is 2.56 bits per heavy atom. The van der Waals surface area contributed by atoms with Gasteiger partial charge in [-0.15, -0.1) is 0 Å². The highest BCUT2D eigenvalue weighted by Gasteiger charge is 2.20. The zero-order chi connectivity index (χ0) is 19.8. The van der Waals surface area contributed by atoms with E-state index in [0.717, 1.165) is 5.56 Å². The number of anilines is 1. The molecular weight excluding hydrogens is 368 g/mol. The Labute approximate surface area is 161 Å². The molecule has 7 nitrogen and oxygen atoms in total. The molecule has 0 aromatic heterocycles. The zero-order valence-electron chi connectivity index (χ0n) is 14.8. The van der Waals surface area contributed by atoms with Gasteiger partial charge in [0.1, 0.15) is 24.1 Å². The monoisotopic (exact) mass is 390 g/mol. The second-order valence-electron chi connectivity index (χ2n) is 5.85. The van der Waals surface area contributed by atoms with Crippen LogP contribution >= 0.6 is 11.8 Å². The van der Waals surface area contributed by atoms with Crippen LogP contribution in [0.25, 0.3) is 0 Å². The molecule has 0 bridgehead atoms. The molecule has 0 fully saturated rings. The van der Waals surface area contributed by atoms with E-state index in [1.54, 1.807) is 30.3 Å². The molecule has 0 saturated heterocycles. The first-order chi connectivity index (χ1) is 12.9. The molecule has 0 saturated carbocycles. The molecule has 1 atom stereocenters. The summed E-state index contributed by atoms with van der Waals surface area (Å²) in [7, 11) is 0. The van der Waals surface area contributed by atoms with E-state index in [-0.39, 0.29) is 17.9 Å². The van der Waals surface area contributed by atoms with Crippen LogP contribution in [-0.4, -0.2) is 40.1 Å². The fourth-order valence-corrected chi connectivity index (χ4v) is 2.76. The van der Waals surface area contributed by atoms with Gasteiger partial charge in [-0.1, -0.05) is 12.1 Å². The third-order valence-corrected chi connectivity index (χ3v) is 4.46. The van der Waals surface area contributed by atoms with E-state index in [0.29, 0.717) is 23.6 Å². The zero-order valence-corrected chi connectivity index (χ0v) is 15.7. The largest absolute Gasteiger partial charge is 0.508 e. The van der Waals surface area contributed by atoms with Gasteiger partial charge in [0, 0.05) is 5.56 Å². The number of hydrogen-bond acceptors (Lipinski definition) is 6. The van der Waals surface area contributed by atoms with Crippen molar-refractivity contribution in [3.8, 4) is 11.5 Å². The summed E-state index contributed by atoms with van der Waals surface area (Å²) in [4.78, 5) is 23.7. The van der Waals surface area contributed by atoms with Gasteiger partial charge >= 0.3 is 5.97 Å². The van der Waals surface area contributed by atoms with Crippen molar-refractivity contribution in [1.82, 2.24) is 5.32 Å². The van der Waals surface area contributed by atoms with Crippen molar-refractivity contribution in [3.63, 3.8) is 0 Å². The molecule has 0 aliphatic heterocycles. The number of nitrogen functional groups attached to an aromatic ring is 1. The van der Waals surface area contributed by atoms with Crippen LogP contribution in [0.15, 0.2) is 42.5 Å². The number of aromatic hydroxyl groups is 1. The van der Waals surface area contributed by atoms with Gasteiger partial charge in [0.15, 0.2) is 0 Å². The van der Waals surface area contributed by atoms with Crippen molar-refractivity contribution in [2.75, 3.05) is 17.7 Å². The maximum absolute atomic E-state index is 12.4. The highest BCUT2D eigenvalue weighted by Crippen LogP contribution is 2.24. The lowest BCUT2D eigenvalue weighted by molar-refractivity contribution is -0.139. The van der Waals surface area contributed by atoms with Gasteiger partial charge in [-0.25, -0.2) is 4.79 Å². The predicted octanol–water partition coefficient (Wildman–Crippen LogP) is 2.49. The SMILES string of the molecule is CSCC[C@H](NC(=O)c1ccc(N)c(OCc2ccc(O)cc2)c1)C(=O)O. The van der Waals surface area contributed by atoms with E-state index in [9.17, 15) is 19.8 Å². The number of carboxylic acids is 1. The maximum Gasteiger partial charge on any atom is 0.326 e. The number of rotatable bonds is 9. The third kappa shape index (κ3) is 6.10. The Hall–Kier alpha value is -2.87. The van der Waals surface area contributed by atoms with Crippen molar-refractivity contribution in [1.29, 1.82) is 0 Å². The Bertz CT molecular complexity index is 795. The van der Waals surface area contributed by atoms with E-state index in [1.807, 2.05) is 6.26 Å². The summed E-state index contributed by atoms with van der Waals surface area (Å²) >= 11 is 1.51. The van der Waals surface area contributed by atoms with E-state index < -0.39 is 17.9 Å².